The first-order valence-corrected chi connectivity index (χ1v) is 6.39. The lowest BCUT2D eigenvalue weighted by molar-refractivity contribution is 1.16. The van der Waals surface area contributed by atoms with E-state index in [0.717, 1.165) is 6.54 Å². The summed E-state index contributed by atoms with van der Waals surface area (Å²) in [6.07, 6.45) is 0. The van der Waals surface area contributed by atoms with Crippen molar-refractivity contribution in [3.63, 3.8) is 0 Å². The molecule has 0 radical (unpaired) electrons. The van der Waals surface area contributed by atoms with Gasteiger partial charge in [0.1, 0.15) is 0 Å². The first-order valence-electron chi connectivity index (χ1n) is 4.57. The Hall–Kier alpha value is -0.800. The van der Waals surface area contributed by atoms with E-state index in [1.54, 1.807) is 11.3 Å². The Kier molecular flexibility index (Phi) is 2.89. The average Bonchev–Trinajstić information content (AvgIpc) is 2.72. The second-order valence-corrected chi connectivity index (χ2v) is 5.09. The molecule has 0 aliphatic carbocycles. The maximum atomic E-state index is 3.46. The highest BCUT2D eigenvalue weighted by atomic mass is 32.1. The molecular formula is C11H13NS2. The lowest BCUT2D eigenvalue weighted by atomic mass is 10.3. The van der Waals surface area contributed by atoms with Crippen LogP contribution in [-0.2, 0) is 6.54 Å². The van der Waals surface area contributed by atoms with Crippen molar-refractivity contribution >= 4 is 28.4 Å². The van der Waals surface area contributed by atoms with Crippen molar-refractivity contribution in [1.82, 2.24) is 0 Å². The lowest BCUT2D eigenvalue weighted by Crippen LogP contribution is -1.98. The molecule has 3 heteroatoms. The average molecular weight is 223 g/mol. The van der Waals surface area contributed by atoms with Crippen LogP contribution in [0.3, 0.4) is 0 Å². The molecule has 0 spiro atoms. The molecule has 0 aromatic carbocycles. The minimum atomic E-state index is 0.946. The zero-order chi connectivity index (χ0) is 9.97. The van der Waals surface area contributed by atoms with Crippen LogP contribution < -0.4 is 5.32 Å². The summed E-state index contributed by atoms with van der Waals surface area (Å²) in [5.41, 5.74) is 3.99. The minimum absolute atomic E-state index is 0.946. The van der Waals surface area contributed by atoms with E-state index >= 15 is 0 Å². The van der Waals surface area contributed by atoms with Gasteiger partial charge in [-0.1, -0.05) is 0 Å². The van der Waals surface area contributed by atoms with Crippen molar-refractivity contribution in [2.45, 2.75) is 20.4 Å². The van der Waals surface area contributed by atoms with E-state index < -0.39 is 0 Å². The number of thiophene rings is 2. The maximum absolute atomic E-state index is 3.46. The fraction of sp³-hybridized carbons (Fsp3) is 0.273. The van der Waals surface area contributed by atoms with Crippen molar-refractivity contribution in [2.24, 2.45) is 0 Å². The predicted octanol–water partition coefficient (Wildman–Crippen LogP) is 4.04. The number of hydrogen-bond acceptors (Lipinski definition) is 3. The van der Waals surface area contributed by atoms with E-state index in [4.69, 9.17) is 0 Å². The Labute approximate surface area is 92.4 Å². The summed E-state index contributed by atoms with van der Waals surface area (Å²) < 4.78 is 0. The van der Waals surface area contributed by atoms with Crippen LogP contribution in [0.5, 0.6) is 0 Å². The van der Waals surface area contributed by atoms with Crippen LogP contribution in [0.15, 0.2) is 22.2 Å². The second-order valence-electron chi connectivity index (χ2n) is 3.35. The third-order valence-corrected chi connectivity index (χ3v) is 4.15. The summed E-state index contributed by atoms with van der Waals surface area (Å²) in [4.78, 5) is 1.43. The van der Waals surface area contributed by atoms with Gasteiger partial charge in [-0.2, -0.15) is 0 Å². The van der Waals surface area contributed by atoms with Gasteiger partial charge in [0, 0.05) is 22.5 Å². The highest BCUT2D eigenvalue weighted by Gasteiger charge is 2.01. The lowest BCUT2D eigenvalue weighted by Gasteiger charge is -2.04. The summed E-state index contributed by atoms with van der Waals surface area (Å²) >= 11 is 3.57. The molecular weight excluding hydrogens is 210 g/mol. The highest BCUT2D eigenvalue weighted by molar-refractivity contribution is 7.10. The molecule has 14 heavy (non-hydrogen) atoms. The van der Waals surface area contributed by atoms with Crippen LogP contribution in [-0.4, -0.2) is 0 Å². The molecule has 0 aliphatic heterocycles. The quantitative estimate of drug-likeness (QED) is 0.828. The highest BCUT2D eigenvalue weighted by Crippen LogP contribution is 2.22. The first-order chi connectivity index (χ1) is 6.77. The smallest absolute Gasteiger partial charge is 0.0497 e. The van der Waals surface area contributed by atoms with Crippen LogP contribution in [0.25, 0.3) is 0 Å². The molecule has 0 saturated heterocycles. The molecule has 1 N–H and O–H groups in total. The molecule has 0 aliphatic rings. The van der Waals surface area contributed by atoms with Crippen molar-refractivity contribution in [2.75, 3.05) is 5.32 Å². The maximum Gasteiger partial charge on any atom is 0.0497 e. The van der Waals surface area contributed by atoms with Crippen molar-refractivity contribution < 1.29 is 0 Å². The first kappa shape index (κ1) is 9.74. The van der Waals surface area contributed by atoms with E-state index in [0.29, 0.717) is 0 Å². The predicted molar refractivity (Wildman–Crippen MR) is 65.4 cm³/mol. The molecule has 2 heterocycles. The van der Waals surface area contributed by atoms with Crippen LogP contribution in [0.1, 0.15) is 16.0 Å². The molecule has 1 nitrogen and oxygen atoms in total. The van der Waals surface area contributed by atoms with Crippen LogP contribution >= 0.6 is 22.7 Å². The van der Waals surface area contributed by atoms with E-state index in [9.17, 15) is 0 Å². The van der Waals surface area contributed by atoms with Crippen LogP contribution in [0.2, 0.25) is 0 Å². The Morgan fingerprint density at radius 3 is 2.64 bits per heavy atom. The molecule has 74 valence electrons. The number of rotatable bonds is 3. The Balaban J connectivity index is 2.02. The summed E-state index contributed by atoms with van der Waals surface area (Å²) in [5.74, 6) is 0. The molecule has 0 amide bonds. The second kappa shape index (κ2) is 4.15. The number of hydrogen-bond donors (Lipinski definition) is 1. The van der Waals surface area contributed by atoms with Gasteiger partial charge in [-0.05, 0) is 41.8 Å². The number of aryl methyl sites for hydroxylation is 2. The van der Waals surface area contributed by atoms with Gasteiger partial charge in [-0.3, -0.25) is 0 Å². The van der Waals surface area contributed by atoms with E-state index in [-0.39, 0.29) is 0 Å². The summed E-state index contributed by atoms with van der Waals surface area (Å²) in [6.45, 7) is 5.25. The molecule has 0 bridgehead atoms. The molecule has 0 fully saturated rings. The van der Waals surface area contributed by atoms with Gasteiger partial charge in [0.05, 0.1) is 0 Å². The minimum Gasteiger partial charge on any atom is -0.379 e. The fourth-order valence-corrected chi connectivity index (χ4v) is 2.95. The zero-order valence-corrected chi connectivity index (χ0v) is 9.97. The molecule has 2 aromatic heterocycles. The molecule has 0 unspecified atom stereocenters. The molecule has 2 rings (SSSR count). The topological polar surface area (TPSA) is 12.0 Å². The normalized spacial score (nSPS) is 10.4. The molecule has 0 atom stereocenters. The summed E-state index contributed by atoms with van der Waals surface area (Å²) in [5, 5.41) is 9.94. The third kappa shape index (κ3) is 1.99. The van der Waals surface area contributed by atoms with Gasteiger partial charge in [-0.25, -0.2) is 0 Å². The van der Waals surface area contributed by atoms with E-state index in [2.05, 4.69) is 41.4 Å². The van der Waals surface area contributed by atoms with Gasteiger partial charge < -0.3 is 5.32 Å². The van der Waals surface area contributed by atoms with Crippen LogP contribution in [0.4, 0.5) is 5.69 Å². The Morgan fingerprint density at radius 1 is 1.21 bits per heavy atom. The van der Waals surface area contributed by atoms with E-state index in [1.165, 1.54) is 21.7 Å². The molecule has 0 saturated carbocycles. The molecule has 2 aromatic rings. The van der Waals surface area contributed by atoms with Gasteiger partial charge in [0.2, 0.25) is 0 Å². The Morgan fingerprint density at radius 2 is 2.07 bits per heavy atom. The monoisotopic (exact) mass is 223 g/mol. The summed E-state index contributed by atoms with van der Waals surface area (Å²) in [6, 6.07) is 2.17. The zero-order valence-electron chi connectivity index (χ0n) is 8.33. The largest absolute Gasteiger partial charge is 0.379 e. The fourth-order valence-electron chi connectivity index (χ4n) is 1.30. The van der Waals surface area contributed by atoms with Crippen LogP contribution in [0, 0.1) is 13.8 Å². The third-order valence-electron chi connectivity index (χ3n) is 2.26. The van der Waals surface area contributed by atoms with Gasteiger partial charge in [-0.15, -0.1) is 22.7 Å². The Bertz CT molecular complexity index is 374. The van der Waals surface area contributed by atoms with E-state index in [1.807, 2.05) is 11.3 Å². The van der Waals surface area contributed by atoms with Gasteiger partial charge in [0.15, 0.2) is 0 Å². The SMILES string of the molecule is Cc1cscc1NCc1sccc1C. The standard InChI is InChI=1S/C11H13NS2/c1-8-3-4-14-11(8)5-12-10-7-13-6-9(10)2/h3-4,6-7,12H,5H2,1-2H3. The van der Waals surface area contributed by atoms with Gasteiger partial charge in [0.25, 0.3) is 0 Å². The number of nitrogens with one attached hydrogen (secondary N) is 1. The van der Waals surface area contributed by atoms with Crippen molar-refractivity contribution in [1.29, 1.82) is 0 Å². The van der Waals surface area contributed by atoms with Crippen molar-refractivity contribution in [3.05, 3.63) is 38.2 Å². The summed E-state index contributed by atoms with van der Waals surface area (Å²) in [7, 11) is 0. The number of anilines is 1. The van der Waals surface area contributed by atoms with Crippen molar-refractivity contribution in [3.8, 4) is 0 Å². The van der Waals surface area contributed by atoms with Gasteiger partial charge >= 0.3 is 0 Å².